The summed E-state index contributed by atoms with van der Waals surface area (Å²) < 4.78 is 0. The molecule has 2 aliphatic rings. The summed E-state index contributed by atoms with van der Waals surface area (Å²) in [5, 5.41) is 6.39. The summed E-state index contributed by atoms with van der Waals surface area (Å²) in [7, 11) is 0. The number of carbonyl (C=O) groups is 1. The second kappa shape index (κ2) is 7.10. The van der Waals surface area contributed by atoms with E-state index in [2.05, 4.69) is 22.5 Å². The van der Waals surface area contributed by atoms with E-state index in [4.69, 9.17) is 0 Å². The highest BCUT2D eigenvalue weighted by molar-refractivity contribution is 5.81. The van der Waals surface area contributed by atoms with E-state index in [-0.39, 0.29) is 11.9 Å². The fourth-order valence-corrected chi connectivity index (χ4v) is 2.95. The Labute approximate surface area is 110 Å². The Balaban J connectivity index is 1.61. The molecule has 2 unspecified atom stereocenters. The standard InChI is InChI=1S/C14H27N3O/c1-12-5-6-15-13(11-12)14(18)16-7-10-17-8-3-2-4-9-17/h12-13,15H,2-11H2,1H3,(H,16,18). The molecule has 0 aromatic heterocycles. The summed E-state index contributed by atoms with van der Waals surface area (Å²) in [5.41, 5.74) is 0. The molecule has 0 aromatic carbocycles. The summed E-state index contributed by atoms with van der Waals surface area (Å²) >= 11 is 0. The molecule has 2 fully saturated rings. The Kier molecular flexibility index (Phi) is 5.45. The molecular formula is C14H27N3O. The van der Waals surface area contributed by atoms with Crippen LogP contribution in [-0.2, 0) is 4.79 Å². The molecule has 0 saturated carbocycles. The van der Waals surface area contributed by atoms with Crippen molar-refractivity contribution in [3.05, 3.63) is 0 Å². The summed E-state index contributed by atoms with van der Waals surface area (Å²) in [6.07, 6.45) is 6.17. The second-order valence-corrected chi connectivity index (χ2v) is 5.83. The van der Waals surface area contributed by atoms with Gasteiger partial charge in [0.15, 0.2) is 0 Å². The van der Waals surface area contributed by atoms with E-state index in [0.29, 0.717) is 5.92 Å². The molecule has 4 nitrogen and oxygen atoms in total. The summed E-state index contributed by atoms with van der Waals surface area (Å²) in [6, 6.07) is 0.0371. The molecule has 104 valence electrons. The predicted molar refractivity (Wildman–Crippen MR) is 73.5 cm³/mol. The first-order valence-corrected chi connectivity index (χ1v) is 7.49. The highest BCUT2D eigenvalue weighted by Crippen LogP contribution is 2.14. The van der Waals surface area contributed by atoms with Crippen LogP contribution in [0.4, 0.5) is 0 Å². The maximum Gasteiger partial charge on any atom is 0.237 e. The topological polar surface area (TPSA) is 44.4 Å². The third-order valence-electron chi connectivity index (χ3n) is 4.16. The van der Waals surface area contributed by atoms with E-state index >= 15 is 0 Å². The van der Waals surface area contributed by atoms with E-state index in [1.54, 1.807) is 0 Å². The van der Waals surface area contributed by atoms with Gasteiger partial charge in [0.2, 0.25) is 5.91 Å². The van der Waals surface area contributed by atoms with E-state index in [1.165, 1.54) is 38.8 Å². The van der Waals surface area contributed by atoms with Gasteiger partial charge in [-0.05, 0) is 51.2 Å². The minimum absolute atomic E-state index is 0.0371. The smallest absolute Gasteiger partial charge is 0.237 e. The average Bonchev–Trinajstić information content (AvgIpc) is 2.40. The van der Waals surface area contributed by atoms with Crippen molar-refractivity contribution in [3.8, 4) is 0 Å². The molecule has 4 heteroatoms. The number of rotatable bonds is 4. The maximum absolute atomic E-state index is 12.0. The molecule has 1 amide bonds. The van der Waals surface area contributed by atoms with Gasteiger partial charge in [-0.3, -0.25) is 4.79 Å². The van der Waals surface area contributed by atoms with Crippen molar-refractivity contribution in [1.29, 1.82) is 0 Å². The molecule has 0 spiro atoms. The zero-order valence-corrected chi connectivity index (χ0v) is 11.6. The molecular weight excluding hydrogens is 226 g/mol. The van der Waals surface area contributed by atoms with Crippen LogP contribution in [0.1, 0.15) is 39.0 Å². The zero-order valence-electron chi connectivity index (χ0n) is 11.6. The first-order valence-electron chi connectivity index (χ1n) is 7.49. The lowest BCUT2D eigenvalue weighted by Crippen LogP contribution is -2.49. The molecule has 2 atom stereocenters. The zero-order chi connectivity index (χ0) is 12.8. The van der Waals surface area contributed by atoms with Crippen LogP contribution in [0.2, 0.25) is 0 Å². The van der Waals surface area contributed by atoms with E-state index < -0.39 is 0 Å². The fraction of sp³-hybridized carbons (Fsp3) is 0.929. The Hall–Kier alpha value is -0.610. The van der Waals surface area contributed by atoms with Gasteiger partial charge in [-0.2, -0.15) is 0 Å². The van der Waals surface area contributed by atoms with Gasteiger partial charge in [-0.1, -0.05) is 13.3 Å². The van der Waals surface area contributed by atoms with Gasteiger partial charge >= 0.3 is 0 Å². The monoisotopic (exact) mass is 253 g/mol. The third kappa shape index (κ3) is 4.25. The van der Waals surface area contributed by atoms with Gasteiger partial charge in [0.1, 0.15) is 0 Å². The summed E-state index contributed by atoms with van der Waals surface area (Å²) in [5.74, 6) is 0.864. The minimum atomic E-state index is 0.0371. The normalized spacial score (nSPS) is 30.1. The Bertz CT molecular complexity index is 264. The SMILES string of the molecule is CC1CCNC(C(=O)NCCN2CCCCC2)C1. The van der Waals surface area contributed by atoms with Crippen LogP contribution < -0.4 is 10.6 Å². The molecule has 2 saturated heterocycles. The molecule has 18 heavy (non-hydrogen) atoms. The number of hydrogen-bond donors (Lipinski definition) is 2. The molecule has 2 heterocycles. The number of amides is 1. The Morgan fingerprint density at radius 3 is 2.83 bits per heavy atom. The van der Waals surface area contributed by atoms with Gasteiger partial charge in [-0.25, -0.2) is 0 Å². The van der Waals surface area contributed by atoms with Crippen molar-refractivity contribution in [2.24, 2.45) is 5.92 Å². The van der Waals surface area contributed by atoms with Gasteiger partial charge in [-0.15, -0.1) is 0 Å². The Morgan fingerprint density at radius 1 is 1.33 bits per heavy atom. The van der Waals surface area contributed by atoms with Crippen molar-refractivity contribution in [2.75, 3.05) is 32.7 Å². The van der Waals surface area contributed by atoms with Crippen molar-refractivity contribution >= 4 is 5.91 Å². The highest BCUT2D eigenvalue weighted by Gasteiger charge is 2.24. The van der Waals surface area contributed by atoms with Crippen LogP contribution in [0.15, 0.2) is 0 Å². The van der Waals surface area contributed by atoms with Gasteiger partial charge < -0.3 is 15.5 Å². The number of hydrogen-bond acceptors (Lipinski definition) is 3. The Morgan fingerprint density at radius 2 is 2.11 bits per heavy atom. The number of nitrogens with zero attached hydrogens (tertiary/aromatic N) is 1. The molecule has 2 rings (SSSR count). The minimum Gasteiger partial charge on any atom is -0.353 e. The van der Waals surface area contributed by atoms with Gasteiger partial charge in [0.25, 0.3) is 0 Å². The van der Waals surface area contributed by atoms with Crippen LogP contribution in [-0.4, -0.2) is 49.6 Å². The van der Waals surface area contributed by atoms with Crippen LogP contribution in [0, 0.1) is 5.92 Å². The predicted octanol–water partition coefficient (Wildman–Crippen LogP) is 0.977. The lowest BCUT2D eigenvalue weighted by atomic mass is 9.94. The molecule has 0 bridgehead atoms. The quantitative estimate of drug-likeness (QED) is 0.785. The molecule has 0 aliphatic carbocycles. The maximum atomic E-state index is 12.0. The largest absolute Gasteiger partial charge is 0.353 e. The third-order valence-corrected chi connectivity index (χ3v) is 4.16. The van der Waals surface area contributed by atoms with Crippen molar-refractivity contribution < 1.29 is 4.79 Å². The lowest BCUT2D eigenvalue weighted by Gasteiger charge is -2.29. The number of nitrogens with one attached hydrogen (secondary N) is 2. The summed E-state index contributed by atoms with van der Waals surface area (Å²) in [4.78, 5) is 14.5. The van der Waals surface area contributed by atoms with Crippen LogP contribution in [0.25, 0.3) is 0 Å². The van der Waals surface area contributed by atoms with Crippen molar-refractivity contribution in [3.63, 3.8) is 0 Å². The van der Waals surface area contributed by atoms with Gasteiger partial charge in [0.05, 0.1) is 6.04 Å². The number of piperidine rings is 2. The number of likely N-dealkylation sites (tertiary alicyclic amines) is 1. The van der Waals surface area contributed by atoms with Gasteiger partial charge in [0, 0.05) is 13.1 Å². The molecule has 0 radical (unpaired) electrons. The lowest BCUT2D eigenvalue weighted by molar-refractivity contribution is -0.124. The van der Waals surface area contributed by atoms with Crippen LogP contribution in [0.5, 0.6) is 0 Å². The van der Waals surface area contributed by atoms with Crippen molar-refractivity contribution in [1.82, 2.24) is 15.5 Å². The molecule has 2 aliphatic heterocycles. The van der Waals surface area contributed by atoms with Crippen LogP contribution >= 0.6 is 0 Å². The first kappa shape index (κ1) is 13.8. The summed E-state index contributed by atoms with van der Waals surface area (Å²) in [6.45, 7) is 7.42. The van der Waals surface area contributed by atoms with E-state index in [1.807, 2.05) is 0 Å². The second-order valence-electron chi connectivity index (χ2n) is 5.83. The number of carbonyl (C=O) groups excluding carboxylic acids is 1. The van der Waals surface area contributed by atoms with Crippen molar-refractivity contribution in [2.45, 2.75) is 45.1 Å². The van der Waals surface area contributed by atoms with Crippen LogP contribution in [0.3, 0.4) is 0 Å². The fourth-order valence-electron chi connectivity index (χ4n) is 2.95. The molecule has 2 N–H and O–H groups in total. The van der Waals surface area contributed by atoms with E-state index in [0.717, 1.165) is 26.1 Å². The molecule has 0 aromatic rings. The first-order chi connectivity index (χ1) is 8.75. The highest BCUT2D eigenvalue weighted by atomic mass is 16.2. The van der Waals surface area contributed by atoms with E-state index in [9.17, 15) is 4.79 Å². The average molecular weight is 253 g/mol.